The first kappa shape index (κ1) is 19.2. The SMILES string of the molecule is COc1ccc(C(CNC(=O)Cc2ccccc2O)N2CCOCC2)cc1. The molecule has 3 rings (SSSR count). The van der Waals surface area contributed by atoms with Crippen molar-refractivity contribution in [3.05, 3.63) is 59.7 Å². The van der Waals surface area contributed by atoms with E-state index in [1.165, 1.54) is 0 Å². The molecule has 27 heavy (non-hydrogen) atoms. The fourth-order valence-corrected chi connectivity index (χ4v) is 3.28. The van der Waals surface area contributed by atoms with E-state index in [0.29, 0.717) is 25.3 Å². The maximum absolute atomic E-state index is 12.4. The monoisotopic (exact) mass is 370 g/mol. The Morgan fingerprint density at radius 3 is 2.56 bits per heavy atom. The molecule has 6 heteroatoms. The van der Waals surface area contributed by atoms with Crippen molar-refractivity contribution in [3.8, 4) is 11.5 Å². The van der Waals surface area contributed by atoms with Gasteiger partial charge in [-0.05, 0) is 23.8 Å². The Morgan fingerprint density at radius 2 is 1.89 bits per heavy atom. The predicted molar refractivity (Wildman–Crippen MR) is 103 cm³/mol. The van der Waals surface area contributed by atoms with E-state index in [9.17, 15) is 9.90 Å². The van der Waals surface area contributed by atoms with Gasteiger partial charge in [-0.15, -0.1) is 0 Å². The van der Waals surface area contributed by atoms with Gasteiger partial charge in [-0.2, -0.15) is 0 Å². The Kier molecular flexibility index (Phi) is 6.68. The van der Waals surface area contributed by atoms with Gasteiger partial charge in [0.25, 0.3) is 0 Å². The lowest BCUT2D eigenvalue weighted by Crippen LogP contribution is -2.44. The Labute approximate surface area is 159 Å². The van der Waals surface area contributed by atoms with Crippen LogP contribution in [-0.2, 0) is 16.0 Å². The van der Waals surface area contributed by atoms with Gasteiger partial charge in [0.15, 0.2) is 0 Å². The normalized spacial score (nSPS) is 15.9. The van der Waals surface area contributed by atoms with Gasteiger partial charge in [0.05, 0.1) is 32.8 Å². The molecule has 0 bridgehead atoms. The molecule has 0 spiro atoms. The summed E-state index contributed by atoms with van der Waals surface area (Å²) in [7, 11) is 1.65. The second kappa shape index (κ2) is 9.39. The first-order valence-corrected chi connectivity index (χ1v) is 9.16. The minimum atomic E-state index is -0.108. The van der Waals surface area contributed by atoms with Crippen molar-refractivity contribution in [2.24, 2.45) is 0 Å². The molecule has 1 amide bonds. The number of amides is 1. The number of phenols is 1. The van der Waals surface area contributed by atoms with Crippen molar-refractivity contribution >= 4 is 5.91 Å². The van der Waals surface area contributed by atoms with E-state index >= 15 is 0 Å². The predicted octanol–water partition coefficient (Wildman–Crippen LogP) is 2.13. The molecule has 1 aliphatic heterocycles. The van der Waals surface area contributed by atoms with Crippen LogP contribution in [0.15, 0.2) is 48.5 Å². The van der Waals surface area contributed by atoms with Gasteiger partial charge >= 0.3 is 0 Å². The molecule has 2 aromatic rings. The number of methoxy groups -OCH3 is 1. The maximum Gasteiger partial charge on any atom is 0.224 e. The number of rotatable bonds is 7. The number of benzene rings is 2. The van der Waals surface area contributed by atoms with Crippen LogP contribution < -0.4 is 10.1 Å². The summed E-state index contributed by atoms with van der Waals surface area (Å²) >= 11 is 0. The molecule has 1 atom stereocenters. The van der Waals surface area contributed by atoms with Crippen LogP contribution in [0.3, 0.4) is 0 Å². The molecular weight excluding hydrogens is 344 g/mol. The van der Waals surface area contributed by atoms with Gasteiger partial charge in [-0.25, -0.2) is 0 Å². The third kappa shape index (κ3) is 5.21. The van der Waals surface area contributed by atoms with Gasteiger partial charge in [0, 0.05) is 25.2 Å². The topological polar surface area (TPSA) is 71.0 Å². The van der Waals surface area contributed by atoms with Crippen LogP contribution in [0.2, 0.25) is 0 Å². The molecule has 1 unspecified atom stereocenters. The third-order valence-corrected chi connectivity index (χ3v) is 4.82. The molecule has 2 N–H and O–H groups in total. The first-order chi connectivity index (χ1) is 13.2. The second-order valence-electron chi connectivity index (χ2n) is 6.55. The van der Waals surface area contributed by atoms with E-state index in [-0.39, 0.29) is 24.1 Å². The van der Waals surface area contributed by atoms with E-state index in [1.807, 2.05) is 30.3 Å². The van der Waals surface area contributed by atoms with E-state index in [4.69, 9.17) is 9.47 Å². The summed E-state index contributed by atoms with van der Waals surface area (Å²) in [5.74, 6) is 0.846. The molecule has 0 saturated carbocycles. The number of para-hydroxylation sites is 1. The molecule has 144 valence electrons. The second-order valence-corrected chi connectivity index (χ2v) is 6.55. The van der Waals surface area contributed by atoms with Crippen LogP contribution in [0.5, 0.6) is 11.5 Å². The third-order valence-electron chi connectivity index (χ3n) is 4.82. The first-order valence-electron chi connectivity index (χ1n) is 9.16. The van der Waals surface area contributed by atoms with Crippen molar-refractivity contribution in [2.45, 2.75) is 12.5 Å². The smallest absolute Gasteiger partial charge is 0.224 e. The lowest BCUT2D eigenvalue weighted by Gasteiger charge is -2.35. The number of hydrogen-bond acceptors (Lipinski definition) is 5. The summed E-state index contributed by atoms with van der Waals surface area (Å²) in [5.41, 5.74) is 1.75. The Hall–Kier alpha value is -2.57. The number of hydrogen-bond donors (Lipinski definition) is 2. The van der Waals surface area contributed by atoms with Crippen molar-refractivity contribution in [2.75, 3.05) is 40.0 Å². The fraction of sp³-hybridized carbons (Fsp3) is 0.381. The van der Waals surface area contributed by atoms with Crippen LogP contribution >= 0.6 is 0 Å². The summed E-state index contributed by atoms with van der Waals surface area (Å²) in [6.07, 6.45) is 0.158. The summed E-state index contributed by atoms with van der Waals surface area (Å²) in [6.45, 7) is 3.54. The Morgan fingerprint density at radius 1 is 1.19 bits per heavy atom. The molecule has 1 heterocycles. The van der Waals surface area contributed by atoms with Gasteiger partial charge in [0.2, 0.25) is 5.91 Å². The summed E-state index contributed by atoms with van der Waals surface area (Å²) in [5, 5.41) is 12.9. The van der Waals surface area contributed by atoms with Crippen molar-refractivity contribution < 1.29 is 19.4 Å². The molecule has 1 fully saturated rings. The zero-order valence-corrected chi connectivity index (χ0v) is 15.6. The van der Waals surface area contributed by atoms with Crippen LogP contribution in [0.4, 0.5) is 0 Å². The number of carbonyl (C=O) groups is 1. The zero-order chi connectivity index (χ0) is 19.1. The van der Waals surface area contributed by atoms with Gasteiger partial charge in [0.1, 0.15) is 11.5 Å². The van der Waals surface area contributed by atoms with E-state index in [2.05, 4.69) is 10.2 Å². The van der Waals surface area contributed by atoms with Crippen LogP contribution in [-0.4, -0.2) is 55.9 Å². The van der Waals surface area contributed by atoms with Gasteiger partial charge < -0.3 is 19.9 Å². The number of ether oxygens (including phenoxy) is 2. The van der Waals surface area contributed by atoms with Gasteiger partial charge in [-0.3, -0.25) is 9.69 Å². The minimum Gasteiger partial charge on any atom is -0.508 e. The molecule has 6 nitrogen and oxygen atoms in total. The van der Waals surface area contributed by atoms with E-state index in [0.717, 1.165) is 24.4 Å². The highest BCUT2D eigenvalue weighted by Crippen LogP contribution is 2.24. The quantitative estimate of drug-likeness (QED) is 0.781. The summed E-state index contributed by atoms with van der Waals surface area (Å²) < 4.78 is 10.7. The van der Waals surface area contributed by atoms with Gasteiger partial charge in [-0.1, -0.05) is 30.3 Å². The van der Waals surface area contributed by atoms with Crippen molar-refractivity contribution in [1.82, 2.24) is 10.2 Å². The van der Waals surface area contributed by atoms with Crippen LogP contribution in [0, 0.1) is 0 Å². The van der Waals surface area contributed by atoms with Crippen LogP contribution in [0.1, 0.15) is 17.2 Å². The highest BCUT2D eigenvalue weighted by Gasteiger charge is 2.23. The van der Waals surface area contributed by atoms with E-state index in [1.54, 1.807) is 25.3 Å². The number of nitrogens with zero attached hydrogens (tertiary/aromatic N) is 1. The summed E-state index contributed by atoms with van der Waals surface area (Å²) in [4.78, 5) is 14.7. The number of carbonyl (C=O) groups excluding carboxylic acids is 1. The molecule has 0 aliphatic carbocycles. The zero-order valence-electron chi connectivity index (χ0n) is 15.6. The summed E-state index contributed by atoms with van der Waals surface area (Å²) in [6, 6.07) is 14.9. The number of nitrogens with one attached hydrogen (secondary N) is 1. The molecule has 0 radical (unpaired) electrons. The molecule has 1 aliphatic rings. The molecule has 1 saturated heterocycles. The maximum atomic E-state index is 12.4. The lowest BCUT2D eigenvalue weighted by molar-refractivity contribution is -0.120. The Balaban J connectivity index is 1.67. The largest absolute Gasteiger partial charge is 0.508 e. The Bertz CT molecular complexity index is 742. The number of phenolic OH excluding ortho intramolecular Hbond substituents is 1. The van der Waals surface area contributed by atoms with Crippen molar-refractivity contribution in [3.63, 3.8) is 0 Å². The highest BCUT2D eigenvalue weighted by atomic mass is 16.5. The standard InChI is InChI=1S/C21H26N2O4/c1-26-18-8-6-16(7-9-18)19(23-10-12-27-13-11-23)15-22-21(25)14-17-4-2-3-5-20(17)24/h2-9,19,24H,10-15H2,1H3,(H,22,25). The van der Waals surface area contributed by atoms with Crippen LogP contribution in [0.25, 0.3) is 0 Å². The number of morpholine rings is 1. The fourth-order valence-electron chi connectivity index (χ4n) is 3.28. The molecule has 0 aromatic heterocycles. The lowest BCUT2D eigenvalue weighted by atomic mass is 10.0. The minimum absolute atomic E-state index is 0.0631. The molecular formula is C21H26N2O4. The average molecular weight is 370 g/mol. The highest BCUT2D eigenvalue weighted by molar-refractivity contribution is 5.79. The molecule has 2 aromatic carbocycles. The van der Waals surface area contributed by atoms with Crippen molar-refractivity contribution in [1.29, 1.82) is 0 Å². The number of aromatic hydroxyl groups is 1. The average Bonchev–Trinajstić information content (AvgIpc) is 2.71. The van der Waals surface area contributed by atoms with E-state index < -0.39 is 0 Å².